The molecule has 2 rings (SSSR count). The normalized spacial score (nSPS) is 21.8. The van der Waals surface area contributed by atoms with E-state index in [1.165, 1.54) is 0 Å². The highest BCUT2D eigenvalue weighted by molar-refractivity contribution is 5.97. The monoisotopic (exact) mass is 277 g/mol. The number of ether oxygens (including phenoxy) is 1. The maximum atomic E-state index is 12.5. The lowest BCUT2D eigenvalue weighted by atomic mass is 9.99. The number of hydrogen-bond donors (Lipinski definition) is 1. The maximum absolute atomic E-state index is 12.5. The van der Waals surface area contributed by atoms with Crippen LogP contribution in [0, 0.1) is 11.8 Å². The van der Waals surface area contributed by atoms with Gasteiger partial charge in [-0.05, 0) is 25.0 Å². The minimum absolute atomic E-state index is 0.0318. The largest absolute Gasteiger partial charge is 0.493 e. The molecule has 0 radical (unpaired) electrons. The number of nitrogens with zero attached hydrogens (tertiary/aromatic N) is 1. The zero-order valence-corrected chi connectivity index (χ0v) is 11.7. The highest BCUT2D eigenvalue weighted by Crippen LogP contribution is 2.27. The Kier molecular flexibility index (Phi) is 4.27. The number of aliphatic carboxylic acids is 1. The van der Waals surface area contributed by atoms with Gasteiger partial charge in [0.05, 0.1) is 18.1 Å². The van der Waals surface area contributed by atoms with E-state index in [4.69, 9.17) is 9.84 Å². The molecule has 5 heteroatoms. The van der Waals surface area contributed by atoms with E-state index in [1.807, 2.05) is 19.9 Å². The average molecular weight is 277 g/mol. The lowest BCUT2D eigenvalue weighted by molar-refractivity contribution is -0.142. The summed E-state index contributed by atoms with van der Waals surface area (Å²) >= 11 is 0. The second kappa shape index (κ2) is 5.94. The summed E-state index contributed by atoms with van der Waals surface area (Å²) in [6.45, 7) is 4.94. The van der Waals surface area contributed by atoms with Gasteiger partial charge >= 0.3 is 5.97 Å². The number of rotatable bonds is 4. The third kappa shape index (κ3) is 2.76. The van der Waals surface area contributed by atoms with Crippen LogP contribution < -0.4 is 4.74 Å². The molecule has 108 valence electrons. The molecule has 2 atom stereocenters. The number of carboxylic acids is 1. The lowest BCUT2D eigenvalue weighted by Gasteiger charge is -2.18. The molecule has 0 saturated carbocycles. The summed E-state index contributed by atoms with van der Waals surface area (Å²) in [5.74, 6) is -0.976. The van der Waals surface area contributed by atoms with Crippen LogP contribution in [0.1, 0.15) is 24.2 Å². The quantitative estimate of drug-likeness (QED) is 0.912. The van der Waals surface area contributed by atoms with Crippen molar-refractivity contribution < 1.29 is 19.4 Å². The van der Waals surface area contributed by atoms with Crippen molar-refractivity contribution in [2.24, 2.45) is 11.8 Å². The fourth-order valence-corrected chi connectivity index (χ4v) is 2.55. The van der Waals surface area contributed by atoms with Gasteiger partial charge in [0.1, 0.15) is 5.75 Å². The molecule has 0 unspecified atom stereocenters. The number of para-hydroxylation sites is 1. The lowest BCUT2D eigenvalue weighted by Crippen LogP contribution is -2.30. The van der Waals surface area contributed by atoms with Crippen molar-refractivity contribution in [2.75, 3.05) is 19.7 Å². The number of carbonyl (C=O) groups excluding carboxylic acids is 1. The topological polar surface area (TPSA) is 66.8 Å². The van der Waals surface area contributed by atoms with E-state index >= 15 is 0 Å². The Morgan fingerprint density at radius 2 is 2.05 bits per heavy atom. The first kappa shape index (κ1) is 14.4. The molecule has 1 heterocycles. The Bertz CT molecular complexity index is 514. The van der Waals surface area contributed by atoms with Gasteiger partial charge in [0, 0.05) is 13.1 Å². The summed E-state index contributed by atoms with van der Waals surface area (Å²) in [6.07, 6.45) is 0. The van der Waals surface area contributed by atoms with Gasteiger partial charge in [-0.1, -0.05) is 19.1 Å². The second-order valence-corrected chi connectivity index (χ2v) is 5.06. The number of amides is 1. The van der Waals surface area contributed by atoms with Gasteiger partial charge in [-0.2, -0.15) is 0 Å². The van der Waals surface area contributed by atoms with E-state index in [0.29, 0.717) is 24.5 Å². The summed E-state index contributed by atoms with van der Waals surface area (Å²) in [6, 6.07) is 7.06. The Morgan fingerprint density at radius 1 is 1.35 bits per heavy atom. The van der Waals surface area contributed by atoms with Crippen LogP contribution in [0.5, 0.6) is 5.75 Å². The van der Waals surface area contributed by atoms with Crippen LogP contribution in [-0.2, 0) is 4.79 Å². The first-order valence-corrected chi connectivity index (χ1v) is 6.78. The Hall–Kier alpha value is -2.04. The van der Waals surface area contributed by atoms with Crippen LogP contribution in [0.3, 0.4) is 0 Å². The number of likely N-dealkylation sites (tertiary alicyclic amines) is 1. The van der Waals surface area contributed by atoms with Crippen LogP contribution in [0.15, 0.2) is 24.3 Å². The summed E-state index contributed by atoms with van der Waals surface area (Å²) in [4.78, 5) is 25.2. The second-order valence-electron chi connectivity index (χ2n) is 5.06. The number of benzene rings is 1. The molecule has 5 nitrogen and oxygen atoms in total. The molecule has 1 aromatic carbocycles. The van der Waals surface area contributed by atoms with Crippen LogP contribution in [0.4, 0.5) is 0 Å². The van der Waals surface area contributed by atoms with Crippen molar-refractivity contribution in [3.8, 4) is 5.75 Å². The van der Waals surface area contributed by atoms with Crippen LogP contribution in [0.25, 0.3) is 0 Å². The van der Waals surface area contributed by atoms with Crippen molar-refractivity contribution in [1.29, 1.82) is 0 Å². The van der Waals surface area contributed by atoms with Gasteiger partial charge in [-0.25, -0.2) is 0 Å². The molecule has 0 aromatic heterocycles. The highest BCUT2D eigenvalue weighted by atomic mass is 16.5. The third-order valence-corrected chi connectivity index (χ3v) is 3.63. The van der Waals surface area contributed by atoms with Crippen molar-refractivity contribution >= 4 is 11.9 Å². The molecule has 1 N–H and O–H groups in total. The van der Waals surface area contributed by atoms with Crippen LogP contribution in [-0.4, -0.2) is 41.6 Å². The van der Waals surface area contributed by atoms with Gasteiger partial charge in [0.15, 0.2) is 0 Å². The van der Waals surface area contributed by atoms with Gasteiger partial charge in [0.2, 0.25) is 0 Å². The molecule has 1 aliphatic rings. The molecule has 0 aliphatic carbocycles. The molecular weight excluding hydrogens is 258 g/mol. The molecule has 20 heavy (non-hydrogen) atoms. The van der Waals surface area contributed by atoms with E-state index in [9.17, 15) is 9.59 Å². The molecular formula is C15H19NO4. The smallest absolute Gasteiger partial charge is 0.308 e. The number of carboxylic acid groups (broad SMARTS) is 1. The molecule has 0 spiro atoms. The standard InChI is InChI=1S/C15H19NO4/c1-3-20-13-7-5-4-6-11(13)14(17)16-8-10(2)12(9-16)15(18)19/h4-7,10,12H,3,8-9H2,1-2H3,(H,18,19)/t10-,12-/m1/s1. The third-order valence-electron chi connectivity index (χ3n) is 3.63. The number of carbonyl (C=O) groups is 2. The first-order chi connectivity index (χ1) is 9.54. The van der Waals surface area contributed by atoms with Crippen molar-refractivity contribution in [3.63, 3.8) is 0 Å². The molecule has 1 amide bonds. The van der Waals surface area contributed by atoms with E-state index in [1.54, 1.807) is 23.1 Å². The maximum Gasteiger partial charge on any atom is 0.308 e. The highest BCUT2D eigenvalue weighted by Gasteiger charge is 2.37. The molecule has 1 fully saturated rings. The minimum Gasteiger partial charge on any atom is -0.493 e. The summed E-state index contributed by atoms with van der Waals surface area (Å²) in [5.41, 5.74) is 0.493. The van der Waals surface area contributed by atoms with Gasteiger partial charge < -0.3 is 14.7 Å². The van der Waals surface area contributed by atoms with Crippen LogP contribution >= 0.6 is 0 Å². The fourth-order valence-electron chi connectivity index (χ4n) is 2.55. The van der Waals surface area contributed by atoms with Gasteiger partial charge in [-0.15, -0.1) is 0 Å². The zero-order chi connectivity index (χ0) is 14.7. The zero-order valence-electron chi connectivity index (χ0n) is 11.7. The Labute approximate surface area is 118 Å². The first-order valence-electron chi connectivity index (χ1n) is 6.78. The van der Waals surface area contributed by atoms with Crippen molar-refractivity contribution in [3.05, 3.63) is 29.8 Å². The summed E-state index contributed by atoms with van der Waals surface area (Å²) < 4.78 is 5.46. The SMILES string of the molecule is CCOc1ccccc1C(=O)N1C[C@@H](C)[C@H](C(=O)O)C1. The molecule has 0 bridgehead atoms. The Morgan fingerprint density at radius 3 is 2.65 bits per heavy atom. The molecule has 1 aromatic rings. The fraction of sp³-hybridized carbons (Fsp3) is 0.467. The predicted octanol–water partition coefficient (Wildman–Crippen LogP) is 1.88. The van der Waals surface area contributed by atoms with Crippen LogP contribution in [0.2, 0.25) is 0 Å². The van der Waals surface area contributed by atoms with Crippen molar-refractivity contribution in [2.45, 2.75) is 13.8 Å². The number of hydrogen-bond acceptors (Lipinski definition) is 3. The molecule has 1 aliphatic heterocycles. The van der Waals surface area contributed by atoms with Gasteiger partial charge in [0.25, 0.3) is 5.91 Å². The minimum atomic E-state index is -0.842. The predicted molar refractivity (Wildman–Crippen MR) is 73.8 cm³/mol. The van der Waals surface area contributed by atoms with E-state index in [2.05, 4.69) is 0 Å². The average Bonchev–Trinajstić information content (AvgIpc) is 2.81. The Balaban J connectivity index is 2.19. The summed E-state index contributed by atoms with van der Waals surface area (Å²) in [5, 5.41) is 9.13. The van der Waals surface area contributed by atoms with E-state index in [-0.39, 0.29) is 18.4 Å². The van der Waals surface area contributed by atoms with Gasteiger partial charge in [-0.3, -0.25) is 9.59 Å². The molecule has 1 saturated heterocycles. The van der Waals surface area contributed by atoms with Crippen molar-refractivity contribution in [1.82, 2.24) is 4.90 Å². The van der Waals surface area contributed by atoms with E-state index in [0.717, 1.165) is 0 Å². The summed E-state index contributed by atoms with van der Waals surface area (Å²) in [7, 11) is 0. The van der Waals surface area contributed by atoms with E-state index < -0.39 is 11.9 Å².